The summed E-state index contributed by atoms with van der Waals surface area (Å²) in [4.78, 5) is 11.4. The van der Waals surface area contributed by atoms with E-state index in [0.717, 1.165) is 36.7 Å². The first kappa shape index (κ1) is 19.6. The first-order chi connectivity index (χ1) is 14.0. The molecule has 0 N–H and O–H groups in total. The van der Waals surface area contributed by atoms with Crippen molar-refractivity contribution in [2.45, 2.75) is 19.3 Å². The molecule has 0 unspecified atom stereocenters. The highest BCUT2D eigenvalue weighted by atomic mass is 16.6. The Bertz CT molecular complexity index is 922. The number of ether oxygens (including phenoxy) is 5. The van der Waals surface area contributed by atoms with E-state index in [-0.39, 0.29) is 11.9 Å². The monoisotopic (exact) mass is 398 g/mol. The lowest BCUT2D eigenvalue weighted by Gasteiger charge is -2.35. The van der Waals surface area contributed by atoms with Gasteiger partial charge < -0.3 is 23.7 Å². The van der Waals surface area contributed by atoms with Crippen molar-refractivity contribution < 1.29 is 28.5 Å². The van der Waals surface area contributed by atoms with Crippen molar-refractivity contribution in [3.05, 3.63) is 47.0 Å². The molecule has 154 valence electrons. The van der Waals surface area contributed by atoms with Gasteiger partial charge in [0.2, 0.25) is 0 Å². The summed E-state index contributed by atoms with van der Waals surface area (Å²) in [5, 5.41) is 0. The molecule has 0 saturated carbocycles. The molecule has 6 heteroatoms. The van der Waals surface area contributed by atoms with Crippen LogP contribution in [-0.4, -0.2) is 40.5 Å². The predicted molar refractivity (Wildman–Crippen MR) is 107 cm³/mol. The Kier molecular flexibility index (Phi) is 5.37. The van der Waals surface area contributed by atoms with Crippen molar-refractivity contribution in [1.29, 1.82) is 0 Å². The van der Waals surface area contributed by atoms with E-state index < -0.39 is 0 Å². The van der Waals surface area contributed by atoms with Gasteiger partial charge in [0.15, 0.2) is 23.0 Å². The predicted octanol–water partition coefficient (Wildman–Crippen LogP) is 3.59. The maximum absolute atomic E-state index is 11.4. The fourth-order valence-electron chi connectivity index (χ4n) is 4.65. The van der Waals surface area contributed by atoms with Crippen LogP contribution in [0.1, 0.15) is 29.5 Å². The molecule has 2 aromatic carbocycles. The standard InChI is InChI=1S/C23H26O6/c1-13(24)29-19-6-5-14(8-20(19)25-2)23-17-10-22(27-4)21(26-3)9-15(17)7-16-11-28-12-18(16)23/h5-6,8-10,16,18,23H,7,11-12H2,1-4H3/t16-,18-,23-/m0/s1. The Labute approximate surface area is 170 Å². The smallest absolute Gasteiger partial charge is 0.308 e. The molecule has 1 heterocycles. The Hall–Kier alpha value is -2.73. The molecule has 2 aromatic rings. The molecule has 1 fully saturated rings. The molecule has 0 radical (unpaired) electrons. The number of rotatable bonds is 5. The quantitative estimate of drug-likeness (QED) is 0.567. The number of methoxy groups -OCH3 is 3. The van der Waals surface area contributed by atoms with E-state index in [1.807, 2.05) is 12.1 Å². The van der Waals surface area contributed by atoms with Crippen LogP contribution in [0.2, 0.25) is 0 Å². The Morgan fingerprint density at radius 2 is 1.62 bits per heavy atom. The van der Waals surface area contributed by atoms with E-state index in [0.29, 0.717) is 23.3 Å². The van der Waals surface area contributed by atoms with Crippen LogP contribution in [0.15, 0.2) is 30.3 Å². The summed E-state index contributed by atoms with van der Waals surface area (Å²) in [6.45, 7) is 2.86. The van der Waals surface area contributed by atoms with Crippen LogP contribution < -0.4 is 18.9 Å². The van der Waals surface area contributed by atoms with Gasteiger partial charge in [-0.25, -0.2) is 0 Å². The van der Waals surface area contributed by atoms with Crippen LogP contribution in [-0.2, 0) is 16.0 Å². The van der Waals surface area contributed by atoms with Gasteiger partial charge in [-0.2, -0.15) is 0 Å². The van der Waals surface area contributed by atoms with Crippen LogP contribution in [0.25, 0.3) is 0 Å². The normalized spacial score (nSPS) is 22.4. The van der Waals surface area contributed by atoms with Crippen molar-refractivity contribution in [3.8, 4) is 23.0 Å². The second kappa shape index (κ2) is 7.95. The summed E-state index contributed by atoms with van der Waals surface area (Å²) in [6.07, 6.45) is 0.958. The van der Waals surface area contributed by atoms with E-state index in [9.17, 15) is 4.79 Å². The van der Waals surface area contributed by atoms with Crippen LogP contribution in [0.4, 0.5) is 0 Å². The lowest BCUT2D eigenvalue weighted by molar-refractivity contribution is -0.132. The molecule has 6 nitrogen and oxygen atoms in total. The van der Waals surface area contributed by atoms with Gasteiger partial charge >= 0.3 is 5.97 Å². The van der Waals surface area contributed by atoms with Crippen molar-refractivity contribution in [2.24, 2.45) is 11.8 Å². The van der Waals surface area contributed by atoms with Crippen LogP contribution in [0, 0.1) is 11.8 Å². The van der Waals surface area contributed by atoms with Crippen molar-refractivity contribution in [3.63, 3.8) is 0 Å². The van der Waals surface area contributed by atoms with Gasteiger partial charge in [-0.05, 0) is 59.2 Å². The highest BCUT2D eigenvalue weighted by Gasteiger charge is 2.42. The number of hydrogen-bond donors (Lipinski definition) is 0. The molecule has 0 aromatic heterocycles. The lowest BCUT2D eigenvalue weighted by atomic mass is 9.68. The topological polar surface area (TPSA) is 63.2 Å². The highest BCUT2D eigenvalue weighted by Crippen LogP contribution is 2.50. The molecule has 0 spiro atoms. The summed E-state index contributed by atoms with van der Waals surface area (Å²) < 4.78 is 27.7. The minimum atomic E-state index is -0.375. The lowest BCUT2D eigenvalue weighted by Crippen LogP contribution is -2.29. The van der Waals surface area contributed by atoms with E-state index in [2.05, 4.69) is 12.1 Å². The van der Waals surface area contributed by atoms with Gasteiger partial charge in [-0.15, -0.1) is 0 Å². The summed E-state index contributed by atoms with van der Waals surface area (Å²) >= 11 is 0. The number of fused-ring (bicyclic) bond motifs is 2. The van der Waals surface area contributed by atoms with Gasteiger partial charge in [0, 0.05) is 12.8 Å². The van der Waals surface area contributed by atoms with Crippen molar-refractivity contribution in [1.82, 2.24) is 0 Å². The molecule has 3 atom stereocenters. The molecule has 4 rings (SSSR count). The summed E-state index contributed by atoms with van der Waals surface area (Å²) in [6, 6.07) is 9.94. The van der Waals surface area contributed by atoms with Gasteiger partial charge in [0.1, 0.15) is 0 Å². The minimum Gasteiger partial charge on any atom is -0.493 e. The van der Waals surface area contributed by atoms with Gasteiger partial charge in [-0.3, -0.25) is 4.79 Å². The molecule has 1 aliphatic carbocycles. The minimum absolute atomic E-state index is 0.131. The summed E-state index contributed by atoms with van der Waals surface area (Å²) in [7, 11) is 4.89. The number of esters is 1. The van der Waals surface area contributed by atoms with E-state index in [4.69, 9.17) is 23.7 Å². The zero-order chi connectivity index (χ0) is 20.5. The van der Waals surface area contributed by atoms with Gasteiger partial charge in [0.25, 0.3) is 0 Å². The molecule has 29 heavy (non-hydrogen) atoms. The number of benzene rings is 2. The Morgan fingerprint density at radius 3 is 2.31 bits per heavy atom. The maximum Gasteiger partial charge on any atom is 0.308 e. The van der Waals surface area contributed by atoms with Crippen LogP contribution >= 0.6 is 0 Å². The third-order valence-corrected chi connectivity index (χ3v) is 5.94. The highest BCUT2D eigenvalue weighted by molar-refractivity contribution is 5.70. The number of hydrogen-bond acceptors (Lipinski definition) is 6. The molecule has 1 aliphatic heterocycles. The number of carbonyl (C=O) groups excluding carboxylic acids is 1. The average Bonchev–Trinajstić information content (AvgIpc) is 3.18. The van der Waals surface area contributed by atoms with E-state index >= 15 is 0 Å². The SMILES string of the molecule is COc1cc2c(cc1OC)[C@H](c1ccc(OC(C)=O)c(OC)c1)[C@H]1COC[C@@H]1C2. The fraction of sp³-hybridized carbons (Fsp3) is 0.435. The summed E-state index contributed by atoms with van der Waals surface area (Å²) in [5.74, 6) is 3.00. The average molecular weight is 398 g/mol. The molecular formula is C23H26O6. The van der Waals surface area contributed by atoms with E-state index in [1.165, 1.54) is 18.1 Å². The Balaban J connectivity index is 1.83. The Morgan fingerprint density at radius 1 is 0.931 bits per heavy atom. The zero-order valence-electron chi connectivity index (χ0n) is 17.2. The third-order valence-electron chi connectivity index (χ3n) is 5.94. The molecule has 0 amide bonds. The van der Waals surface area contributed by atoms with Gasteiger partial charge in [0.05, 0.1) is 34.5 Å². The second-order valence-corrected chi connectivity index (χ2v) is 7.55. The summed E-state index contributed by atoms with van der Waals surface area (Å²) in [5.41, 5.74) is 3.57. The number of carbonyl (C=O) groups is 1. The first-order valence-corrected chi connectivity index (χ1v) is 9.74. The fourth-order valence-corrected chi connectivity index (χ4v) is 4.65. The third kappa shape index (κ3) is 3.53. The van der Waals surface area contributed by atoms with E-state index in [1.54, 1.807) is 27.4 Å². The largest absolute Gasteiger partial charge is 0.493 e. The van der Waals surface area contributed by atoms with Gasteiger partial charge in [-0.1, -0.05) is 6.07 Å². The van der Waals surface area contributed by atoms with Crippen molar-refractivity contribution in [2.75, 3.05) is 34.5 Å². The molecular weight excluding hydrogens is 372 g/mol. The molecule has 1 saturated heterocycles. The van der Waals surface area contributed by atoms with Crippen molar-refractivity contribution >= 4 is 5.97 Å². The maximum atomic E-state index is 11.4. The second-order valence-electron chi connectivity index (χ2n) is 7.55. The van der Waals surface area contributed by atoms with Crippen LogP contribution in [0.3, 0.4) is 0 Å². The molecule has 2 aliphatic rings. The molecule has 0 bridgehead atoms. The first-order valence-electron chi connectivity index (χ1n) is 9.74. The van der Waals surface area contributed by atoms with Crippen LogP contribution in [0.5, 0.6) is 23.0 Å². The zero-order valence-corrected chi connectivity index (χ0v) is 17.2.